The number of H-pyrrole nitrogens is 1. The highest BCUT2D eigenvalue weighted by Crippen LogP contribution is 2.42. The Morgan fingerprint density at radius 1 is 1.00 bits per heavy atom. The monoisotopic (exact) mass is 359 g/mol. The van der Waals surface area contributed by atoms with Crippen LogP contribution in [0.2, 0.25) is 0 Å². The van der Waals surface area contributed by atoms with Crippen LogP contribution >= 0.6 is 11.3 Å². The third kappa shape index (κ3) is 2.48. The van der Waals surface area contributed by atoms with E-state index in [1.54, 1.807) is 7.11 Å². The zero-order chi connectivity index (χ0) is 17.5. The second-order valence-corrected chi connectivity index (χ2v) is 7.29. The third-order valence-corrected chi connectivity index (χ3v) is 5.68. The summed E-state index contributed by atoms with van der Waals surface area (Å²) in [6.45, 7) is 0. The second kappa shape index (κ2) is 6.04. The lowest BCUT2D eigenvalue weighted by Crippen LogP contribution is -1.91. The van der Waals surface area contributed by atoms with Gasteiger partial charge < -0.3 is 10.1 Å². The number of nitrogens with one attached hydrogen (secondary N) is 2. The molecule has 4 nitrogen and oxygen atoms in total. The highest BCUT2D eigenvalue weighted by molar-refractivity contribution is 7.10. The van der Waals surface area contributed by atoms with Crippen molar-refractivity contribution in [2.75, 3.05) is 12.4 Å². The molecule has 1 aliphatic rings. The molecule has 0 fully saturated rings. The summed E-state index contributed by atoms with van der Waals surface area (Å²) >= 11 is 1.82. The van der Waals surface area contributed by atoms with Gasteiger partial charge >= 0.3 is 0 Å². The van der Waals surface area contributed by atoms with E-state index >= 15 is 0 Å². The Hall–Kier alpha value is -3.05. The first-order valence-corrected chi connectivity index (χ1v) is 9.35. The molecule has 128 valence electrons. The van der Waals surface area contributed by atoms with Gasteiger partial charge in [-0.1, -0.05) is 12.1 Å². The van der Waals surface area contributed by atoms with Crippen molar-refractivity contribution in [3.8, 4) is 28.3 Å². The number of aromatic amines is 1. The predicted octanol–water partition coefficient (Wildman–Crippen LogP) is 5.46. The van der Waals surface area contributed by atoms with Gasteiger partial charge in [-0.2, -0.15) is 5.10 Å². The number of ether oxygens (including phenoxy) is 1. The maximum absolute atomic E-state index is 5.19. The van der Waals surface area contributed by atoms with E-state index in [-0.39, 0.29) is 0 Å². The molecule has 0 amide bonds. The molecule has 0 radical (unpaired) electrons. The van der Waals surface area contributed by atoms with Crippen molar-refractivity contribution in [1.82, 2.24) is 10.2 Å². The molecule has 0 atom stereocenters. The molecule has 2 aromatic heterocycles. The number of rotatable bonds is 4. The predicted molar refractivity (Wildman–Crippen MR) is 106 cm³/mol. The number of thiophene rings is 1. The van der Waals surface area contributed by atoms with Crippen LogP contribution in [0.15, 0.2) is 60.0 Å². The van der Waals surface area contributed by atoms with Crippen LogP contribution in [-0.2, 0) is 6.42 Å². The Morgan fingerprint density at radius 2 is 1.73 bits per heavy atom. The number of benzene rings is 2. The molecule has 0 bridgehead atoms. The Bertz CT molecular complexity index is 1060. The van der Waals surface area contributed by atoms with E-state index in [1.807, 2.05) is 35.6 Å². The molecule has 0 saturated carbocycles. The minimum atomic E-state index is 0.854. The minimum absolute atomic E-state index is 0.854. The zero-order valence-corrected chi connectivity index (χ0v) is 15.1. The van der Waals surface area contributed by atoms with Crippen LogP contribution < -0.4 is 10.1 Å². The van der Waals surface area contributed by atoms with Gasteiger partial charge in [0.1, 0.15) is 5.75 Å². The van der Waals surface area contributed by atoms with E-state index in [4.69, 9.17) is 4.74 Å². The quantitative estimate of drug-likeness (QED) is 0.448. The second-order valence-electron chi connectivity index (χ2n) is 6.29. The average Bonchev–Trinajstić information content (AvgIpc) is 3.36. The van der Waals surface area contributed by atoms with E-state index in [9.17, 15) is 0 Å². The maximum Gasteiger partial charge on any atom is 0.119 e. The number of anilines is 2. The number of aromatic nitrogens is 2. The number of fused-ring (bicyclic) bond motifs is 3. The first kappa shape index (κ1) is 15.2. The van der Waals surface area contributed by atoms with Crippen molar-refractivity contribution >= 4 is 22.7 Å². The Balaban J connectivity index is 1.38. The molecular weight excluding hydrogens is 342 g/mol. The van der Waals surface area contributed by atoms with Gasteiger partial charge in [-0.05, 0) is 47.8 Å². The van der Waals surface area contributed by atoms with E-state index in [2.05, 4.69) is 51.2 Å². The lowest BCUT2D eigenvalue weighted by atomic mass is 10.1. The molecule has 0 saturated heterocycles. The number of hydrogen-bond acceptors (Lipinski definition) is 4. The molecule has 2 heterocycles. The normalized spacial score (nSPS) is 11.9. The lowest BCUT2D eigenvalue weighted by molar-refractivity contribution is 0.415. The van der Waals surface area contributed by atoms with Gasteiger partial charge in [0.25, 0.3) is 0 Å². The van der Waals surface area contributed by atoms with Crippen LogP contribution in [0.25, 0.3) is 22.5 Å². The van der Waals surface area contributed by atoms with Gasteiger partial charge in [0.15, 0.2) is 0 Å². The fraction of sp³-hybridized carbons (Fsp3) is 0.0952. The summed E-state index contributed by atoms with van der Waals surface area (Å²) in [5.74, 6) is 0.854. The topological polar surface area (TPSA) is 49.9 Å². The Kier molecular flexibility index (Phi) is 3.53. The fourth-order valence-corrected chi connectivity index (χ4v) is 4.31. The lowest BCUT2D eigenvalue weighted by Gasteiger charge is -2.08. The molecule has 0 aliphatic heterocycles. The van der Waals surface area contributed by atoms with Gasteiger partial charge in [0.2, 0.25) is 0 Å². The van der Waals surface area contributed by atoms with Crippen molar-refractivity contribution in [3.63, 3.8) is 0 Å². The fourth-order valence-electron chi connectivity index (χ4n) is 3.41. The number of hydrogen-bond donors (Lipinski definition) is 2. The van der Waals surface area contributed by atoms with Gasteiger partial charge in [0.05, 0.1) is 18.5 Å². The van der Waals surface area contributed by atoms with Crippen LogP contribution in [0.5, 0.6) is 5.75 Å². The van der Waals surface area contributed by atoms with Crippen LogP contribution in [0.3, 0.4) is 0 Å². The molecule has 4 aromatic rings. The van der Waals surface area contributed by atoms with Crippen molar-refractivity contribution < 1.29 is 4.74 Å². The van der Waals surface area contributed by atoms with Gasteiger partial charge in [-0.3, -0.25) is 5.10 Å². The van der Waals surface area contributed by atoms with Crippen molar-refractivity contribution in [2.45, 2.75) is 6.42 Å². The molecular formula is C21H17N3OS. The van der Waals surface area contributed by atoms with Crippen molar-refractivity contribution in [3.05, 3.63) is 70.4 Å². The van der Waals surface area contributed by atoms with E-state index < -0.39 is 0 Å². The van der Waals surface area contributed by atoms with Gasteiger partial charge in [-0.15, -0.1) is 11.3 Å². The number of nitrogens with zero attached hydrogens (tertiary/aromatic N) is 1. The largest absolute Gasteiger partial charge is 0.497 e. The molecule has 5 rings (SSSR count). The highest BCUT2D eigenvalue weighted by Gasteiger charge is 2.25. The SMILES string of the molecule is COc1ccc(Nc2ccc(-c3n[nH]c4c3Cc3sccc3-4)cc2)cc1. The molecule has 1 aliphatic carbocycles. The van der Waals surface area contributed by atoms with E-state index in [0.29, 0.717) is 0 Å². The summed E-state index contributed by atoms with van der Waals surface area (Å²) in [4.78, 5) is 1.42. The molecule has 5 heteroatoms. The van der Waals surface area contributed by atoms with E-state index in [1.165, 1.54) is 21.7 Å². The molecule has 0 unspecified atom stereocenters. The molecule has 0 spiro atoms. The first-order valence-electron chi connectivity index (χ1n) is 8.47. The summed E-state index contributed by atoms with van der Waals surface area (Å²) in [6.07, 6.45) is 0.972. The van der Waals surface area contributed by atoms with Gasteiger partial charge in [-0.25, -0.2) is 0 Å². The smallest absolute Gasteiger partial charge is 0.119 e. The Labute approximate surface area is 155 Å². The third-order valence-electron chi connectivity index (χ3n) is 4.76. The molecule has 2 aromatic carbocycles. The van der Waals surface area contributed by atoms with Crippen LogP contribution in [-0.4, -0.2) is 17.3 Å². The average molecular weight is 359 g/mol. The van der Waals surface area contributed by atoms with Crippen LogP contribution in [0, 0.1) is 0 Å². The van der Waals surface area contributed by atoms with Crippen molar-refractivity contribution in [2.24, 2.45) is 0 Å². The summed E-state index contributed by atoms with van der Waals surface area (Å²) in [6, 6.07) is 18.5. The van der Waals surface area contributed by atoms with Gasteiger partial charge in [0, 0.05) is 39.4 Å². The van der Waals surface area contributed by atoms with E-state index in [0.717, 1.165) is 34.8 Å². The standard InChI is InChI=1S/C21H17N3OS/c1-25-16-8-6-15(7-9-16)22-14-4-2-13(3-5-14)20-18-12-19-17(10-11-26-19)21(18)24-23-20/h2-11,22H,12H2,1H3,(H,23,24). The summed E-state index contributed by atoms with van der Waals surface area (Å²) in [5.41, 5.74) is 8.06. The summed E-state index contributed by atoms with van der Waals surface area (Å²) in [5, 5.41) is 13.3. The Morgan fingerprint density at radius 3 is 2.46 bits per heavy atom. The van der Waals surface area contributed by atoms with Crippen LogP contribution in [0.4, 0.5) is 11.4 Å². The number of methoxy groups -OCH3 is 1. The van der Waals surface area contributed by atoms with Crippen molar-refractivity contribution in [1.29, 1.82) is 0 Å². The molecule has 26 heavy (non-hydrogen) atoms. The highest BCUT2D eigenvalue weighted by atomic mass is 32.1. The van der Waals surface area contributed by atoms with Crippen LogP contribution in [0.1, 0.15) is 10.4 Å². The summed E-state index contributed by atoms with van der Waals surface area (Å²) in [7, 11) is 1.67. The zero-order valence-electron chi connectivity index (χ0n) is 14.2. The minimum Gasteiger partial charge on any atom is -0.497 e. The maximum atomic E-state index is 5.19. The first-order chi connectivity index (χ1) is 12.8. The molecule has 2 N–H and O–H groups in total. The summed E-state index contributed by atoms with van der Waals surface area (Å²) < 4.78 is 5.19.